The molecule has 4 nitrogen and oxygen atoms in total. The lowest BCUT2D eigenvalue weighted by molar-refractivity contribution is -0.139. The molecule has 0 radical (unpaired) electrons. The highest BCUT2D eigenvalue weighted by molar-refractivity contribution is 5.86. The summed E-state index contributed by atoms with van der Waals surface area (Å²) in [6, 6.07) is 0. The number of ether oxygens (including phenoxy) is 1. The van der Waals surface area contributed by atoms with Gasteiger partial charge in [0.15, 0.2) is 0 Å². The van der Waals surface area contributed by atoms with E-state index in [1.165, 1.54) is 6.92 Å². The first kappa shape index (κ1) is 8.77. The van der Waals surface area contributed by atoms with Crippen LogP contribution >= 0.6 is 0 Å². The maximum absolute atomic E-state index is 10.9. The molecule has 4 heteroatoms. The summed E-state index contributed by atoms with van der Waals surface area (Å²) < 4.78 is 4.61. The van der Waals surface area contributed by atoms with Crippen molar-refractivity contribution in [3.05, 3.63) is 11.8 Å². The first-order valence-corrected chi connectivity index (χ1v) is 3.72. The number of carboxylic acids is 1. The molecule has 0 spiro atoms. The predicted molar refractivity (Wildman–Crippen MR) is 40.2 cm³/mol. The molecule has 0 heterocycles. The SMILES string of the molecule is CC(=COC(=O)C1CC1)C(=O)O. The lowest BCUT2D eigenvalue weighted by Gasteiger charge is -1.96. The standard InChI is InChI=1S/C8H10O4/c1-5(7(9)10)4-12-8(11)6-2-3-6/h4,6H,2-3H2,1H3,(H,9,10). The van der Waals surface area contributed by atoms with E-state index in [1.54, 1.807) is 0 Å². The Morgan fingerprint density at radius 2 is 2.08 bits per heavy atom. The second-order valence-corrected chi connectivity index (χ2v) is 2.82. The van der Waals surface area contributed by atoms with E-state index in [4.69, 9.17) is 5.11 Å². The van der Waals surface area contributed by atoms with E-state index < -0.39 is 5.97 Å². The molecule has 0 aliphatic heterocycles. The first-order chi connectivity index (χ1) is 5.61. The molecule has 0 amide bonds. The molecule has 0 bridgehead atoms. The van der Waals surface area contributed by atoms with Gasteiger partial charge in [-0.2, -0.15) is 0 Å². The van der Waals surface area contributed by atoms with Crippen LogP contribution in [0.3, 0.4) is 0 Å². The average Bonchev–Trinajstić information content (AvgIpc) is 2.81. The van der Waals surface area contributed by atoms with E-state index in [1.807, 2.05) is 0 Å². The van der Waals surface area contributed by atoms with Gasteiger partial charge in [-0.3, -0.25) is 4.79 Å². The Morgan fingerprint density at radius 1 is 1.50 bits per heavy atom. The maximum atomic E-state index is 10.9. The number of esters is 1. The molecule has 1 saturated carbocycles. The summed E-state index contributed by atoms with van der Waals surface area (Å²) in [5, 5.41) is 8.39. The van der Waals surface area contributed by atoms with Crippen LogP contribution in [0.25, 0.3) is 0 Å². The van der Waals surface area contributed by atoms with Gasteiger partial charge in [-0.25, -0.2) is 4.79 Å². The summed E-state index contributed by atoms with van der Waals surface area (Å²) in [5.41, 5.74) is 0.0315. The lowest BCUT2D eigenvalue weighted by Crippen LogP contribution is -2.04. The number of carboxylic acid groups (broad SMARTS) is 1. The van der Waals surface area contributed by atoms with Crippen molar-refractivity contribution in [1.29, 1.82) is 0 Å². The number of hydrogen-bond acceptors (Lipinski definition) is 3. The highest BCUT2D eigenvalue weighted by Gasteiger charge is 2.30. The van der Waals surface area contributed by atoms with Crippen molar-refractivity contribution < 1.29 is 19.4 Å². The quantitative estimate of drug-likeness (QED) is 0.388. The molecule has 0 aromatic carbocycles. The van der Waals surface area contributed by atoms with Crippen LogP contribution in [0.5, 0.6) is 0 Å². The third-order valence-electron chi connectivity index (χ3n) is 1.60. The van der Waals surface area contributed by atoms with Gasteiger partial charge < -0.3 is 9.84 Å². The predicted octanol–water partition coefficient (Wildman–Crippen LogP) is 0.928. The normalized spacial score (nSPS) is 17.2. The lowest BCUT2D eigenvalue weighted by atomic mass is 10.3. The zero-order valence-corrected chi connectivity index (χ0v) is 6.74. The summed E-state index contributed by atoms with van der Waals surface area (Å²) >= 11 is 0. The zero-order chi connectivity index (χ0) is 9.14. The summed E-state index contributed by atoms with van der Waals surface area (Å²) in [7, 11) is 0. The smallest absolute Gasteiger partial charge is 0.334 e. The zero-order valence-electron chi connectivity index (χ0n) is 6.74. The van der Waals surface area contributed by atoms with Crippen LogP contribution in [0.2, 0.25) is 0 Å². The molecule has 1 fully saturated rings. The first-order valence-electron chi connectivity index (χ1n) is 3.72. The van der Waals surface area contributed by atoms with Crippen molar-refractivity contribution >= 4 is 11.9 Å². The minimum absolute atomic E-state index is 0.00263. The molecule has 0 aromatic heterocycles. The Hall–Kier alpha value is -1.32. The monoisotopic (exact) mass is 170 g/mol. The molecule has 1 N–H and O–H groups in total. The molecule has 1 rings (SSSR count). The Balaban J connectivity index is 2.36. The van der Waals surface area contributed by atoms with Crippen LogP contribution in [0.15, 0.2) is 11.8 Å². The van der Waals surface area contributed by atoms with Crippen LogP contribution in [-0.2, 0) is 14.3 Å². The van der Waals surface area contributed by atoms with E-state index in [0.717, 1.165) is 19.1 Å². The molecule has 0 aromatic rings. The number of aliphatic carboxylic acids is 1. The van der Waals surface area contributed by atoms with Gasteiger partial charge in [-0.15, -0.1) is 0 Å². The number of carbonyl (C=O) groups is 2. The minimum Gasteiger partial charge on any atom is -0.478 e. The fraction of sp³-hybridized carbons (Fsp3) is 0.500. The van der Waals surface area contributed by atoms with Crippen LogP contribution < -0.4 is 0 Å². The molecule has 66 valence electrons. The number of carbonyl (C=O) groups excluding carboxylic acids is 1. The second-order valence-electron chi connectivity index (χ2n) is 2.82. The van der Waals surface area contributed by atoms with Crippen molar-refractivity contribution in [3.63, 3.8) is 0 Å². The van der Waals surface area contributed by atoms with Gasteiger partial charge in [0.05, 0.1) is 11.5 Å². The van der Waals surface area contributed by atoms with Gasteiger partial charge in [-0.1, -0.05) is 0 Å². The molecule has 12 heavy (non-hydrogen) atoms. The third-order valence-corrected chi connectivity index (χ3v) is 1.60. The third kappa shape index (κ3) is 2.38. The largest absolute Gasteiger partial charge is 0.478 e. The Labute approximate surface area is 69.8 Å². The van der Waals surface area contributed by atoms with Crippen molar-refractivity contribution in [1.82, 2.24) is 0 Å². The number of rotatable bonds is 3. The number of hydrogen-bond donors (Lipinski definition) is 1. The highest BCUT2D eigenvalue weighted by atomic mass is 16.5. The average molecular weight is 170 g/mol. The minimum atomic E-state index is -1.07. The van der Waals surface area contributed by atoms with Gasteiger partial charge in [0.25, 0.3) is 0 Å². The van der Waals surface area contributed by atoms with Gasteiger partial charge in [-0.05, 0) is 19.8 Å². The molecule has 0 saturated heterocycles. The summed E-state index contributed by atoms with van der Waals surface area (Å²) in [6.45, 7) is 1.38. The van der Waals surface area contributed by atoms with Crippen LogP contribution in [0.1, 0.15) is 19.8 Å². The van der Waals surface area contributed by atoms with Gasteiger partial charge in [0.1, 0.15) is 6.26 Å². The molecular formula is C8H10O4. The van der Waals surface area contributed by atoms with Crippen molar-refractivity contribution in [2.24, 2.45) is 5.92 Å². The van der Waals surface area contributed by atoms with E-state index in [-0.39, 0.29) is 17.5 Å². The molecular weight excluding hydrogens is 160 g/mol. The Bertz CT molecular complexity index is 237. The van der Waals surface area contributed by atoms with E-state index in [9.17, 15) is 9.59 Å². The van der Waals surface area contributed by atoms with Gasteiger partial charge >= 0.3 is 11.9 Å². The Morgan fingerprint density at radius 3 is 2.50 bits per heavy atom. The van der Waals surface area contributed by atoms with Crippen LogP contribution in [0.4, 0.5) is 0 Å². The molecule has 1 aliphatic rings. The van der Waals surface area contributed by atoms with Crippen LogP contribution in [0, 0.1) is 5.92 Å². The fourth-order valence-electron chi connectivity index (χ4n) is 0.612. The van der Waals surface area contributed by atoms with E-state index >= 15 is 0 Å². The highest BCUT2D eigenvalue weighted by Crippen LogP contribution is 2.30. The summed E-state index contributed by atoms with van der Waals surface area (Å²) in [5.74, 6) is -1.39. The van der Waals surface area contributed by atoms with Crippen molar-refractivity contribution in [2.75, 3.05) is 0 Å². The topological polar surface area (TPSA) is 63.6 Å². The van der Waals surface area contributed by atoms with Crippen molar-refractivity contribution in [3.8, 4) is 0 Å². The Kier molecular flexibility index (Phi) is 2.47. The summed E-state index contributed by atoms with van der Waals surface area (Å²) in [4.78, 5) is 21.1. The van der Waals surface area contributed by atoms with Gasteiger partial charge in [0, 0.05) is 0 Å². The maximum Gasteiger partial charge on any atom is 0.334 e. The van der Waals surface area contributed by atoms with E-state index in [2.05, 4.69) is 4.74 Å². The molecule has 0 atom stereocenters. The fourth-order valence-corrected chi connectivity index (χ4v) is 0.612. The van der Waals surface area contributed by atoms with Crippen LogP contribution in [-0.4, -0.2) is 17.0 Å². The van der Waals surface area contributed by atoms with E-state index in [0.29, 0.717) is 0 Å². The summed E-state index contributed by atoms with van der Waals surface area (Å²) in [6.07, 6.45) is 2.71. The molecule has 1 aliphatic carbocycles. The van der Waals surface area contributed by atoms with Gasteiger partial charge in [0.2, 0.25) is 0 Å². The van der Waals surface area contributed by atoms with Crippen molar-refractivity contribution in [2.45, 2.75) is 19.8 Å². The molecule has 0 unspecified atom stereocenters. The second kappa shape index (κ2) is 3.38.